The molecular formula is C6H13N2S. The van der Waals surface area contributed by atoms with Gasteiger partial charge in [0.15, 0.2) is 0 Å². The molecule has 0 spiro atoms. The Balaban J connectivity index is 2.42. The molecule has 0 aliphatic carbocycles. The first-order chi connectivity index (χ1) is 4.11. The molecule has 0 aromatic rings. The van der Waals surface area contributed by atoms with Gasteiger partial charge in [-0.3, -0.25) is 5.32 Å². The van der Waals surface area contributed by atoms with Gasteiger partial charge in [-0.1, -0.05) is 20.8 Å². The number of nitrogens with zero attached hydrogens (tertiary/aromatic N) is 1. The minimum absolute atomic E-state index is 0.338. The van der Waals surface area contributed by atoms with Crippen LogP contribution in [0.15, 0.2) is 0 Å². The van der Waals surface area contributed by atoms with Gasteiger partial charge in [0, 0.05) is 0 Å². The third kappa shape index (κ3) is 1.85. The fourth-order valence-electron chi connectivity index (χ4n) is 0.734. The van der Waals surface area contributed by atoms with Crippen LogP contribution in [0.1, 0.15) is 20.8 Å². The van der Waals surface area contributed by atoms with Crippen molar-refractivity contribution in [1.29, 1.82) is 0 Å². The molecule has 0 amide bonds. The van der Waals surface area contributed by atoms with Crippen molar-refractivity contribution in [3.8, 4) is 0 Å². The lowest BCUT2D eigenvalue weighted by Gasteiger charge is -2.24. The molecule has 1 radical (unpaired) electrons. The van der Waals surface area contributed by atoms with Crippen molar-refractivity contribution in [3.05, 3.63) is 0 Å². The van der Waals surface area contributed by atoms with Crippen LogP contribution in [-0.4, -0.2) is 12.0 Å². The Morgan fingerprint density at radius 2 is 2.22 bits per heavy atom. The van der Waals surface area contributed by atoms with E-state index >= 15 is 0 Å². The summed E-state index contributed by atoms with van der Waals surface area (Å²) in [6, 6.07) is 0. The predicted molar refractivity (Wildman–Crippen MR) is 41.0 cm³/mol. The zero-order valence-corrected chi connectivity index (χ0v) is 6.96. The monoisotopic (exact) mass is 145 g/mol. The summed E-state index contributed by atoms with van der Waals surface area (Å²) in [4.78, 5) is 0. The second kappa shape index (κ2) is 2.48. The standard InChI is InChI=1S/C6H13N2S/c1-6(2,3)5-7-4-8-9-5/h5,7H,4H2,1-3H3. The van der Waals surface area contributed by atoms with E-state index in [1.54, 1.807) is 11.9 Å². The van der Waals surface area contributed by atoms with Crippen LogP contribution in [0.5, 0.6) is 0 Å². The molecule has 1 aliphatic rings. The van der Waals surface area contributed by atoms with Crippen molar-refractivity contribution in [3.63, 3.8) is 0 Å². The Kier molecular flexibility index (Phi) is 2.03. The lowest BCUT2D eigenvalue weighted by Crippen LogP contribution is -2.32. The van der Waals surface area contributed by atoms with E-state index in [2.05, 4.69) is 30.8 Å². The highest BCUT2D eigenvalue weighted by molar-refractivity contribution is 7.98. The fourth-order valence-corrected chi connectivity index (χ4v) is 1.50. The van der Waals surface area contributed by atoms with Crippen LogP contribution in [-0.2, 0) is 0 Å². The third-order valence-electron chi connectivity index (χ3n) is 1.31. The maximum Gasteiger partial charge on any atom is 0.0757 e. The van der Waals surface area contributed by atoms with Crippen LogP contribution in [0.3, 0.4) is 0 Å². The van der Waals surface area contributed by atoms with Gasteiger partial charge in [-0.2, -0.15) is 4.72 Å². The number of hydrogen-bond acceptors (Lipinski definition) is 2. The van der Waals surface area contributed by atoms with Crippen molar-refractivity contribution in [2.75, 3.05) is 6.67 Å². The van der Waals surface area contributed by atoms with E-state index in [0.717, 1.165) is 6.67 Å². The SMILES string of the molecule is CC(C)(C)C1NC[N]S1. The summed E-state index contributed by atoms with van der Waals surface area (Å²) < 4.78 is 4.14. The molecule has 2 nitrogen and oxygen atoms in total. The molecule has 0 aromatic heterocycles. The molecule has 1 unspecified atom stereocenters. The van der Waals surface area contributed by atoms with Crippen LogP contribution in [0.4, 0.5) is 0 Å². The van der Waals surface area contributed by atoms with Gasteiger partial charge in [-0.15, -0.1) is 0 Å². The fraction of sp³-hybridized carbons (Fsp3) is 1.00. The van der Waals surface area contributed by atoms with Gasteiger partial charge < -0.3 is 0 Å². The van der Waals surface area contributed by atoms with Crippen LogP contribution >= 0.6 is 11.9 Å². The van der Waals surface area contributed by atoms with Gasteiger partial charge in [-0.05, 0) is 17.4 Å². The largest absolute Gasteiger partial charge is 0.289 e. The minimum atomic E-state index is 0.338. The molecule has 9 heavy (non-hydrogen) atoms. The average Bonchev–Trinajstić information content (AvgIpc) is 2.08. The molecule has 53 valence electrons. The number of rotatable bonds is 0. The van der Waals surface area contributed by atoms with Gasteiger partial charge in [0.05, 0.1) is 12.0 Å². The van der Waals surface area contributed by atoms with Gasteiger partial charge in [0.2, 0.25) is 0 Å². The summed E-state index contributed by atoms with van der Waals surface area (Å²) in [5, 5.41) is 3.80. The van der Waals surface area contributed by atoms with E-state index in [1.807, 2.05) is 0 Å². The van der Waals surface area contributed by atoms with Crippen molar-refractivity contribution in [2.45, 2.75) is 26.1 Å². The number of nitrogens with one attached hydrogen (secondary N) is 1. The Labute approximate surface area is 60.9 Å². The quantitative estimate of drug-likeness (QED) is 0.518. The maximum absolute atomic E-state index is 4.14. The Morgan fingerprint density at radius 3 is 2.44 bits per heavy atom. The molecule has 0 aromatic carbocycles. The molecule has 1 fully saturated rings. The Bertz CT molecular complexity index is 91.7. The van der Waals surface area contributed by atoms with Crippen LogP contribution in [0.25, 0.3) is 0 Å². The molecule has 1 N–H and O–H groups in total. The van der Waals surface area contributed by atoms with E-state index in [-0.39, 0.29) is 0 Å². The van der Waals surface area contributed by atoms with Crippen LogP contribution in [0.2, 0.25) is 0 Å². The van der Waals surface area contributed by atoms with Crippen molar-refractivity contribution in [2.24, 2.45) is 5.41 Å². The molecule has 1 saturated heterocycles. The zero-order valence-electron chi connectivity index (χ0n) is 6.14. The van der Waals surface area contributed by atoms with E-state index in [0.29, 0.717) is 10.8 Å². The highest BCUT2D eigenvalue weighted by Gasteiger charge is 2.28. The van der Waals surface area contributed by atoms with Crippen LogP contribution in [0, 0.1) is 5.41 Å². The van der Waals surface area contributed by atoms with Crippen molar-refractivity contribution >= 4 is 11.9 Å². The Morgan fingerprint density at radius 1 is 1.56 bits per heavy atom. The summed E-state index contributed by atoms with van der Waals surface area (Å²) in [6.45, 7) is 7.47. The van der Waals surface area contributed by atoms with Crippen molar-refractivity contribution in [1.82, 2.24) is 10.0 Å². The highest BCUT2D eigenvalue weighted by atomic mass is 32.2. The van der Waals surface area contributed by atoms with Gasteiger partial charge in [0.25, 0.3) is 0 Å². The van der Waals surface area contributed by atoms with E-state index in [1.165, 1.54) is 0 Å². The first-order valence-electron chi connectivity index (χ1n) is 3.17. The van der Waals surface area contributed by atoms with E-state index in [9.17, 15) is 0 Å². The smallest absolute Gasteiger partial charge is 0.0757 e. The minimum Gasteiger partial charge on any atom is -0.289 e. The van der Waals surface area contributed by atoms with E-state index < -0.39 is 0 Å². The zero-order chi connectivity index (χ0) is 6.91. The van der Waals surface area contributed by atoms with Gasteiger partial charge in [0.1, 0.15) is 0 Å². The molecule has 1 rings (SSSR count). The molecule has 1 aliphatic heterocycles. The molecular weight excluding hydrogens is 132 g/mol. The first-order valence-corrected chi connectivity index (χ1v) is 4.00. The second-order valence-corrected chi connectivity index (χ2v) is 4.28. The topological polar surface area (TPSA) is 26.1 Å². The van der Waals surface area contributed by atoms with Gasteiger partial charge >= 0.3 is 0 Å². The summed E-state index contributed by atoms with van der Waals surface area (Å²) in [7, 11) is 0. The lowest BCUT2D eigenvalue weighted by atomic mass is 9.97. The summed E-state index contributed by atoms with van der Waals surface area (Å²) in [5.74, 6) is 0. The first kappa shape index (κ1) is 7.38. The lowest BCUT2D eigenvalue weighted by molar-refractivity contribution is 0.362. The molecule has 3 heteroatoms. The molecule has 1 heterocycles. The summed E-state index contributed by atoms with van der Waals surface area (Å²) in [5.41, 5.74) is 0.338. The van der Waals surface area contributed by atoms with Crippen molar-refractivity contribution < 1.29 is 0 Å². The molecule has 0 saturated carbocycles. The summed E-state index contributed by atoms with van der Waals surface area (Å²) in [6.07, 6.45) is 0. The second-order valence-electron chi connectivity index (χ2n) is 3.34. The predicted octanol–water partition coefficient (Wildman–Crippen LogP) is 1.17. The Hall–Kier alpha value is 0.270. The summed E-state index contributed by atoms with van der Waals surface area (Å²) >= 11 is 1.66. The normalized spacial score (nSPS) is 29.0. The highest BCUT2D eigenvalue weighted by Crippen LogP contribution is 2.29. The van der Waals surface area contributed by atoms with E-state index in [4.69, 9.17) is 0 Å². The number of hydrogen-bond donors (Lipinski definition) is 1. The molecule has 1 atom stereocenters. The van der Waals surface area contributed by atoms with Gasteiger partial charge in [-0.25, -0.2) is 0 Å². The molecule has 0 bridgehead atoms. The maximum atomic E-state index is 4.14. The average molecular weight is 145 g/mol. The van der Waals surface area contributed by atoms with Crippen LogP contribution < -0.4 is 10.0 Å². The third-order valence-corrected chi connectivity index (χ3v) is 2.67.